The molecule has 0 radical (unpaired) electrons. The van der Waals surface area contributed by atoms with Gasteiger partial charge in [0.05, 0.1) is 11.6 Å². The summed E-state index contributed by atoms with van der Waals surface area (Å²) in [5.41, 5.74) is 8.93. The zero-order valence-electron chi connectivity index (χ0n) is 11.8. The molecular formula is C17H18Cl2N2. The normalized spacial score (nSPS) is 12.9. The Labute approximate surface area is 137 Å². The molecule has 0 aliphatic carbocycles. The van der Waals surface area contributed by atoms with Crippen LogP contribution >= 0.6 is 24.0 Å². The fourth-order valence-corrected chi connectivity index (χ4v) is 2.59. The van der Waals surface area contributed by atoms with Crippen molar-refractivity contribution < 1.29 is 0 Å². The molecule has 2 atom stereocenters. The van der Waals surface area contributed by atoms with E-state index in [4.69, 9.17) is 22.6 Å². The minimum atomic E-state index is 0. The maximum Gasteiger partial charge on any atom is 0.0991 e. The monoisotopic (exact) mass is 320 g/mol. The Morgan fingerprint density at radius 2 is 1.81 bits per heavy atom. The van der Waals surface area contributed by atoms with Crippen LogP contribution in [0.5, 0.6) is 0 Å². The van der Waals surface area contributed by atoms with Crippen molar-refractivity contribution in [3.63, 3.8) is 0 Å². The molecule has 0 heterocycles. The number of nitrogens with two attached hydrogens (primary N) is 1. The molecule has 0 amide bonds. The molecule has 0 aliphatic rings. The van der Waals surface area contributed by atoms with Gasteiger partial charge in [0.25, 0.3) is 0 Å². The summed E-state index contributed by atoms with van der Waals surface area (Å²) in [5.74, 6) is 0.454. The number of hydrogen-bond donors (Lipinski definition) is 1. The molecular weight excluding hydrogens is 303 g/mol. The van der Waals surface area contributed by atoms with Gasteiger partial charge in [-0.15, -0.1) is 12.4 Å². The van der Waals surface area contributed by atoms with Gasteiger partial charge in [-0.25, -0.2) is 0 Å². The minimum absolute atomic E-state index is 0. The van der Waals surface area contributed by atoms with Crippen LogP contribution in [0.15, 0.2) is 48.5 Å². The highest BCUT2D eigenvalue weighted by molar-refractivity contribution is 6.30. The second kappa shape index (κ2) is 8.05. The average molecular weight is 321 g/mol. The summed E-state index contributed by atoms with van der Waals surface area (Å²) in [6.07, 6.45) is 0. The van der Waals surface area contributed by atoms with E-state index in [0.29, 0.717) is 12.1 Å². The predicted molar refractivity (Wildman–Crippen MR) is 90.1 cm³/mol. The van der Waals surface area contributed by atoms with Gasteiger partial charge in [0.15, 0.2) is 0 Å². The third-order valence-electron chi connectivity index (χ3n) is 3.70. The van der Waals surface area contributed by atoms with Crippen LogP contribution in [-0.4, -0.2) is 6.54 Å². The van der Waals surface area contributed by atoms with Crippen LogP contribution in [-0.2, 0) is 0 Å². The van der Waals surface area contributed by atoms with Crippen LogP contribution in [0.2, 0.25) is 5.02 Å². The van der Waals surface area contributed by atoms with Gasteiger partial charge < -0.3 is 5.73 Å². The molecule has 21 heavy (non-hydrogen) atoms. The third kappa shape index (κ3) is 4.22. The Hall–Kier alpha value is -1.53. The lowest BCUT2D eigenvalue weighted by atomic mass is 9.82. The highest BCUT2D eigenvalue weighted by Crippen LogP contribution is 2.32. The Kier molecular flexibility index (Phi) is 6.71. The van der Waals surface area contributed by atoms with Crippen LogP contribution in [0.25, 0.3) is 0 Å². The molecule has 0 fully saturated rings. The summed E-state index contributed by atoms with van der Waals surface area (Å²) in [7, 11) is 0. The molecule has 4 heteroatoms. The fraction of sp³-hybridized carbons (Fsp3) is 0.235. The third-order valence-corrected chi connectivity index (χ3v) is 3.95. The van der Waals surface area contributed by atoms with Gasteiger partial charge >= 0.3 is 0 Å². The molecule has 2 rings (SSSR count). The molecule has 0 saturated heterocycles. The molecule has 0 unspecified atom stereocenters. The molecule has 0 spiro atoms. The SMILES string of the molecule is C[C@H](c1ccc(Cl)cc1)[C@H](CN)c1cccc(C#N)c1.Cl. The Morgan fingerprint density at radius 3 is 2.38 bits per heavy atom. The minimum Gasteiger partial charge on any atom is -0.330 e. The van der Waals surface area contributed by atoms with E-state index in [1.54, 1.807) is 0 Å². The van der Waals surface area contributed by atoms with Gasteiger partial charge in [-0.05, 0) is 47.9 Å². The maximum absolute atomic E-state index is 9.01. The number of benzene rings is 2. The topological polar surface area (TPSA) is 49.8 Å². The number of rotatable bonds is 4. The molecule has 2 aromatic carbocycles. The Morgan fingerprint density at radius 1 is 1.14 bits per heavy atom. The van der Waals surface area contributed by atoms with Crippen molar-refractivity contribution in [1.82, 2.24) is 0 Å². The van der Waals surface area contributed by atoms with E-state index in [9.17, 15) is 0 Å². The zero-order valence-corrected chi connectivity index (χ0v) is 13.4. The van der Waals surface area contributed by atoms with E-state index >= 15 is 0 Å². The second-order valence-electron chi connectivity index (χ2n) is 4.92. The van der Waals surface area contributed by atoms with Crippen LogP contribution in [0, 0.1) is 11.3 Å². The second-order valence-corrected chi connectivity index (χ2v) is 5.36. The number of nitriles is 1. The summed E-state index contributed by atoms with van der Waals surface area (Å²) in [6, 6.07) is 17.7. The highest BCUT2D eigenvalue weighted by Gasteiger charge is 2.19. The van der Waals surface area contributed by atoms with E-state index < -0.39 is 0 Å². The Balaban J connectivity index is 0.00000220. The lowest BCUT2D eigenvalue weighted by Crippen LogP contribution is -2.18. The van der Waals surface area contributed by atoms with E-state index in [0.717, 1.165) is 10.6 Å². The molecule has 0 aromatic heterocycles. The molecule has 110 valence electrons. The number of hydrogen-bond acceptors (Lipinski definition) is 2. The summed E-state index contributed by atoms with van der Waals surface area (Å²) in [4.78, 5) is 0. The van der Waals surface area contributed by atoms with E-state index in [1.807, 2.05) is 48.5 Å². The summed E-state index contributed by atoms with van der Waals surface area (Å²) in [5, 5.41) is 9.74. The van der Waals surface area contributed by atoms with Crippen molar-refractivity contribution in [1.29, 1.82) is 5.26 Å². The van der Waals surface area contributed by atoms with E-state index in [-0.39, 0.29) is 24.2 Å². The summed E-state index contributed by atoms with van der Waals surface area (Å²) in [6.45, 7) is 2.69. The predicted octanol–water partition coefficient (Wildman–Crippen LogP) is 4.48. The Bertz CT molecular complexity index is 617. The van der Waals surface area contributed by atoms with Gasteiger partial charge in [-0.1, -0.05) is 42.8 Å². The van der Waals surface area contributed by atoms with Crippen molar-refractivity contribution in [3.8, 4) is 6.07 Å². The van der Waals surface area contributed by atoms with Gasteiger partial charge in [-0.3, -0.25) is 0 Å². The zero-order chi connectivity index (χ0) is 14.5. The first-order chi connectivity index (χ1) is 9.65. The largest absolute Gasteiger partial charge is 0.330 e. The van der Waals surface area contributed by atoms with Gasteiger partial charge in [-0.2, -0.15) is 5.26 Å². The van der Waals surface area contributed by atoms with E-state index in [1.165, 1.54) is 5.56 Å². The number of nitrogens with zero attached hydrogens (tertiary/aromatic N) is 1. The summed E-state index contributed by atoms with van der Waals surface area (Å²) >= 11 is 5.93. The van der Waals surface area contributed by atoms with Crippen molar-refractivity contribution in [3.05, 3.63) is 70.2 Å². The molecule has 2 nitrogen and oxygen atoms in total. The lowest BCUT2D eigenvalue weighted by molar-refractivity contribution is 0.584. The fourth-order valence-electron chi connectivity index (χ4n) is 2.47. The first-order valence-corrected chi connectivity index (χ1v) is 6.99. The maximum atomic E-state index is 9.01. The lowest BCUT2D eigenvalue weighted by Gasteiger charge is -2.23. The van der Waals surface area contributed by atoms with Crippen molar-refractivity contribution in [2.75, 3.05) is 6.54 Å². The molecule has 0 saturated carbocycles. The summed E-state index contributed by atoms with van der Waals surface area (Å²) < 4.78 is 0. The van der Waals surface area contributed by atoms with Gasteiger partial charge in [0.1, 0.15) is 0 Å². The first-order valence-electron chi connectivity index (χ1n) is 6.61. The standard InChI is InChI=1S/C17H17ClN2.ClH/c1-12(14-5-7-16(18)8-6-14)17(11-20)15-4-2-3-13(9-15)10-19;/h2-9,12,17H,11,20H2,1H3;1H/t12-,17+;/m1./s1. The van der Waals surface area contributed by atoms with Crippen molar-refractivity contribution in [2.45, 2.75) is 18.8 Å². The molecule has 0 bridgehead atoms. The van der Waals surface area contributed by atoms with Gasteiger partial charge in [0, 0.05) is 10.9 Å². The van der Waals surface area contributed by atoms with E-state index in [2.05, 4.69) is 13.0 Å². The first kappa shape index (κ1) is 17.5. The van der Waals surface area contributed by atoms with Crippen molar-refractivity contribution in [2.24, 2.45) is 5.73 Å². The van der Waals surface area contributed by atoms with Crippen LogP contribution in [0.1, 0.15) is 35.4 Å². The van der Waals surface area contributed by atoms with Crippen LogP contribution < -0.4 is 5.73 Å². The number of halogens is 2. The molecule has 0 aliphatic heterocycles. The average Bonchev–Trinajstić information content (AvgIpc) is 2.49. The van der Waals surface area contributed by atoms with Crippen LogP contribution in [0.4, 0.5) is 0 Å². The smallest absolute Gasteiger partial charge is 0.0991 e. The van der Waals surface area contributed by atoms with Gasteiger partial charge in [0.2, 0.25) is 0 Å². The molecule has 2 aromatic rings. The highest BCUT2D eigenvalue weighted by atomic mass is 35.5. The van der Waals surface area contributed by atoms with Crippen LogP contribution in [0.3, 0.4) is 0 Å². The molecule has 2 N–H and O–H groups in total. The quantitative estimate of drug-likeness (QED) is 0.902. The van der Waals surface area contributed by atoms with Crippen molar-refractivity contribution >= 4 is 24.0 Å².